The lowest BCUT2D eigenvalue weighted by Crippen LogP contribution is -2.39. The number of methoxy groups -OCH3 is 2. The van der Waals surface area contributed by atoms with Gasteiger partial charge in [-0.05, 0) is 49.1 Å². The van der Waals surface area contributed by atoms with Crippen LogP contribution >= 0.6 is 0 Å². The minimum Gasteiger partial charge on any atom is -0.493 e. The predicted octanol–water partition coefficient (Wildman–Crippen LogP) is 3.88. The van der Waals surface area contributed by atoms with Gasteiger partial charge in [0.05, 0.1) is 26.9 Å². The van der Waals surface area contributed by atoms with Gasteiger partial charge in [-0.15, -0.1) is 0 Å². The Balaban J connectivity index is 1.89. The van der Waals surface area contributed by atoms with Gasteiger partial charge in [0.1, 0.15) is 0 Å². The molecule has 0 heterocycles. The van der Waals surface area contributed by atoms with Gasteiger partial charge in [-0.1, -0.05) is 30.3 Å². The summed E-state index contributed by atoms with van der Waals surface area (Å²) in [5.74, 6) is 2.36. The second-order valence-electron chi connectivity index (χ2n) is 7.44. The van der Waals surface area contributed by atoms with Crippen LogP contribution < -0.4 is 14.8 Å². The van der Waals surface area contributed by atoms with E-state index in [2.05, 4.69) is 45.5 Å². The molecule has 6 heteroatoms. The molecule has 0 bridgehead atoms. The van der Waals surface area contributed by atoms with Crippen LogP contribution in [0.25, 0.3) is 0 Å². The first-order valence-electron chi connectivity index (χ1n) is 10.3. The highest BCUT2D eigenvalue weighted by molar-refractivity contribution is 5.79. The predicted molar refractivity (Wildman–Crippen MR) is 122 cm³/mol. The lowest BCUT2D eigenvalue weighted by atomic mass is 10.1. The average Bonchev–Trinajstić information content (AvgIpc) is 2.76. The van der Waals surface area contributed by atoms with Crippen molar-refractivity contribution in [3.8, 4) is 11.5 Å². The Bertz CT molecular complexity index is 821. The maximum absolute atomic E-state index is 5.70. The number of guanidine groups is 1. The van der Waals surface area contributed by atoms with Crippen LogP contribution in [0.4, 0.5) is 0 Å². The summed E-state index contributed by atoms with van der Waals surface area (Å²) in [7, 11) is 7.16. The zero-order valence-electron chi connectivity index (χ0n) is 19.1. The molecule has 0 spiro atoms. The van der Waals surface area contributed by atoms with Gasteiger partial charge in [0, 0.05) is 27.2 Å². The van der Waals surface area contributed by atoms with Gasteiger partial charge in [-0.25, -0.2) is 0 Å². The summed E-state index contributed by atoms with van der Waals surface area (Å²) in [6, 6.07) is 14.5. The third-order valence-corrected chi connectivity index (χ3v) is 4.78. The van der Waals surface area contributed by atoms with E-state index in [0.717, 1.165) is 30.4 Å². The molecule has 2 aromatic carbocycles. The quantitative estimate of drug-likeness (QED) is 0.473. The summed E-state index contributed by atoms with van der Waals surface area (Å²) < 4.78 is 16.4. The van der Waals surface area contributed by atoms with Crippen molar-refractivity contribution in [2.24, 2.45) is 4.99 Å². The molecule has 6 nitrogen and oxygen atoms in total. The number of ether oxygens (including phenoxy) is 3. The molecule has 164 valence electrons. The van der Waals surface area contributed by atoms with Gasteiger partial charge in [-0.2, -0.15) is 0 Å². The molecule has 30 heavy (non-hydrogen) atoms. The maximum atomic E-state index is 5.70. The second-order valence-corrected chi connectivity index (χ2v) is 7.44. The Morgan fingerprint density at radius 3 is 2.40 bits per heavy atom. The van der Waals surface area contributed by atoms with Gasteiger partial charge in [0.2, 0.25) is 0 Å². The first-order valence-corrected chi connectivity index (χ1v) is 10.3. The van der Waals surface area contributed by atoms with Crippen LogP contribution in [0.5, 0.6) is 11.5 Å². The normalized spacial score (nSPS) is 11.5. The number of benzene rings is 2. The Morgan fingerprint density at radius 1 is 1.00 bits per heavy atom. The minimum atomic E-state index is 0.227. The molecule has 1 N–H and O–H groups in total. The van der Waals surface area contributed by atoms with Crippen molar-refractivity contribution in [2.45, 2.75) is 39.5 Å². The number of hydrogen-bond donors (Lipinski definition) is 1. The summed E-state index contributed by atoms with van der Waals surface area (Å²) in [6.07, 6.45) is 1.10. The molecule has 0 unspecified atom stereocenters. The molecule has 0 radical (unpaired) electrons. The van der Waals surface area contributed by atoms with Crippen LogP contribution in [-0.2, 0) is 24.3 Å². The fourth-order valence-corrected chi connectivity index (χ4v) is 3.10. The van der Waals surface area contributed by atoms with Crippen LogP contribution in [-0.4, -0.2) is 51.8 Å². The highest BCUT2D eigenvalue weighted by atomic mass is 16.5. The zero-order chi connectivity index (χ0) is 21.9. The Kier molecular flexibility index (Phi) is 9.48. The third kappa shape index (κ3) is 7.26. The molecule has 2 aromatic rings. The van der Waals surface area contributed by atoms with Crippen LogP contribution in [0.2, 0.25) is 0 Å². The van der Waals surface area contributed by atoms with E-state index in [9.17, 15) is 0 Å². The van der Waals surface area contributed by atoms with Gasteiger partial charge in [0.15, 0.2) is 17.5 Å². The summed E-state index contributed by atoms with van der Waals surface area (Å²) in [5, 5.41) is 3.45. The highest BCUT2D eigenvalue weighted by Crippen LogP contribution is 2.27. The average molecular weight is 414 g/mol. The first kappa shape index (κ1) is 23.5. The molecular formula is C24H35N3O3. The smallest absolute Gasteiger partial charge is 0.193 e. The monoisotopic (exact) mass is 413 g/mol. The lowest BCUT2D eigenvalue weighted by molar-refractivity contribution is 0.0657. The summed E-state index contributed by atoms with van der Waals surface area (Å²) in [6.45, 7) is 6.27. The van der Waals surface area contributed by atoms with Gasteiger partial charge in [0.25, 0.3) is 0 Å². The highest BCUT2D eigenvalue weighted by Gasteiger charge is 2.09. The zero-order valence-corrected chi connectivity index (χ0v) is 19.1. The Hall–Kier alpha value is -2.73. The SMILES string of the molecule is CN=C(NCc1cccc(COC(C)C)c1)N(C)CCc1ccc(OC)c(OC)c1. The van der Waals surface area contributed by atoms with Crippen molar-refractivity contribution in [1.82, 2.24) is 10.2 Å². The Morgan fingerprint density at radius 2 is 1.73 bits per heavy atom. The molecule has 0 aliphatic carbocycles. The van der Waals surface area contributed by atoms with Crippen LogP contribution in [0.15, 0.2) is 47.5 Å². The number of nitrogens with one attached hydrogen (secondary N) is 1. The van der Waals surface area contributed by atoms with E-state index in [1.165, 1.54) is 16.7 Å². The third-order valence-electron chi connectivity index (χ3n) is 4.78. The first-order chi connectivity index (χ1) is 14.5. The van der Waals surface area contributed by atoms with Crippen LogP contribution in [0.1, 0.15) is 30.5 Å². The molecule has 0 saturated carbocycles. The van der Waals surface area contributed by atoms with Gasteiger partial charge in [-0.3, -0.25) is 4.99 Å². The maximum Gasteiger partial charge on any atom is 0.193 e. The number of likely N-dealkylation sites (N-methyl/N-ethyl adjacent to an activating group) is 1. The summed E-state index contributed by atoms with van der Waals surface area (Å²) in [4.78, 5) is 6.55. The van der Waals surface area contributed by atoms with Crippen molar-refractivity contribution in [1.29, 1.82) is 0 Å². The largest absolute Gasteiger partial charge is 0.493 e. The number of nitrogens with zero attached hydrogens (tertiary/aromatic N) is 2. The van der Waals surface area contributed by atoms with E-state index in [0.29, 0.717) is 13.2 Å². The molecule has 0 atom stereocenters. The van der Waals surface area contributed by atoms with Crippen molar-refractivity contribution in [3.63, 3.8) is 0 Å². The van der Waals surface area contributed by atoms with E-state index < -0.39 is 0 Å². The summed E-state index contributed by atoms with van der Waals surface area (Å²) >= 11 is 0. The van der Waals surface area contributed by atoms with E-state index in [1.807, 2.05) is 40.1 Å². The van der Waals surface area contributed by atoms with E-state index in [1.54, 1.807) is 14.2 Å². The minimum absolute atomic E-state index is 0.227. The molecule has 0 fully saturated rings. The molecule has 2 rings (SSSR count). The van der Waals surface area contributed by atoms with E-state index in [4.69, 9.17) is 14.2 Å². The fraction of sp³-hybridized carbons (Fsp3) is 0.458. The van der Waals surface area contributed by atoms with Crippen molar-refractivity contribution in [3.05, 3.63) is 59.2 Å². The molecule has 0 amide bonds. The van der Waals surface area contributed by atoms with Crippen LogP contribution in [0, 0.1) is 0 Å². The van der Waals surface area contributed by atoms with Crippen molar-refractivity contribution < 1.29 is 14.2 Å². The standard InChI is InChI=1S/C24H35N3O3/c1-18(2)30-17-21-9-7-8-20(14-21)16-26-24(25-3)27(4)13-12-19-10-11-22(28-5)23(15-19)29-6/h7-11,14-15,18H,12-13,16-17H2,1-6H3,(H,25,26). The Labute approximate surface area is 180 Å². The van der Waals surface area contributed by atoms with Crippen LogP contribution in [0.3, 0.4) is 0 Å². The topological polar surface area (TPSA) is 55.3 Å². The second kappa shape index (κ2) is 12.1. The molecule has 0 saturated heterocycles. The summed E-state index contributed by atoms with van der Waals surface area (Å²) in [5.41, 5.74) is 3.57. The number of aliphatic imine (C=N–C) groups is 1. The molecule has 0 aliphatic heterocycles. The van der Waals surface area contributed by atoms with Crippen molar-refractivity contribution in [2.75, 3.05) is 34.9 Å². The number of hydrogen-bond acceptors (Lipinski definition) is 4. The molecular weight excluding hydrogens is 378 g/mol. The van der Waals surface area contributed by atoms with Crippen molar-refractivity contribution >= 4 is 5.96 Å². The molecule has 0 aliphatic rings. The van der Waals surface area contributed by atoms with Gasteiger partial charge >= 0.3 is 0 Å². The number of rotatable bonds is 10. The van der Waals surface area contributed by atoms with Gasteiger partial charge < -0.3 is 24.4 Å². The van der Waals surface area contributed by atoms with E-state index in [-0.39, 0.29) is 6.10 Å². The molecule has 0 aromatic heterocycles. The lowest BCUT2D eigenvalue weighted by Gasteiger charge is -2.22. The van der Waals surface area contributed by atoms with E-state index >= 15 is 0 Å². The fourth-order valence-electron chi connectivity index (χ4n) is 3.10.